The molecule has 0 aliphatic heterocycles. The molecule has 10 aromatic rings. The molecule has 13 rings (SSSR count). The summed E-state index contributed by atoms with van der Waals surface area (Å²) in [6.07, 6.45) is 0. The Morgan fingerprint density at radius 2 is 1.00 bits per heavy atom. The van der Waals surface area contributed by atoms with Gasteiger partial charge in [0, 0.05) is 22.1 Å². The van der Waals surface area contributed by atoms with Gasteiger partial charge in [0.05, 0.1) is 22.2 Å². The van der Waals surface area contributed by atoms with Crippen LogP contribution in [0.3, 0.4) is 0 Å². The summed E-state index contributed by atoms with van der Waals surface area (Å²) in [5.41, 5.74) is 25.5. The highest BCUT2D eigenvalue weighted by Crippen LogP contribution is 2.65. The van der Waals surface area contributed by atoms with Gasteiger partial charge in [-0.15, -0.1) is 0 Å². The fraction of sp³-hybridized carbons (Fsp3) is 0.100. The molecule has 0 saturated heterocycles. The second-order valence-corrected chi connectivity index (χ2v) is 18.1. The van der Waals surface area contributed by atoms with Gasteiger partial charge in [0.25, 0.3) is 0 Å². The molecular weight excluding hydrogens is 751 g/mol. The number of anilines is 3. The zero-order chi connectivity index (χ0) is 41.5. The first-order chi connectivity index (χ1) is 30.3. The highest BCUT2D eigenvalue weighted by atomic mass is 16.3. The lowest BCUT2D eigenvalue weighted by molar-refractivity contribution is 0.660. The largest absolute Gasteiger partial charge is 0.456 e. The Morgan fingerprint density at radius 3 is 1.77 bits per heavy atom. The molecule has 0 N–H and O–H groups in total. The third-order valence-corrected chi connectivity index (χ3v) is 14.4. The Kier molecular flexibility index (Phi) is 7.16. The SMILES string of the molecule is Cc1ccc2c(c1)C1(c3ccccc3-c3ccccc31)c1cc(C)cc(N(c3ccc(-c4cccc5c4-c4ccccc4C5(C)C)cc3)c3cccc4oc5ccccc5c34)c1-2. The van der Waals surface area contributed by atoms with Gasteiger partial charge in [-0.2, -0.15) is 0 Å². The third kappa shape index (κ3) is 4.54. The van der Waals surface area contributed by atoms with Crippen LogP contribution in [0.25, 0.3) is 66.4 Å². The van der Waals surface area contributed by atoms with E-state index in [-0.39, 0.29) is 5.41 Å². The molecule has 1 heterocycles. The molecule has 0 radical (unpaired) electrons. The van der Waals surface area contributed by atoms with Gasteiger partial charge in [0.1, 0.15) is 11.2 Å². The standard InChI is InChI=1S/C60H43NO/c1-36-27-32-44-50(33-36)60(47-21-10-5-15-41(47)42-16-6-11-22-48(42)60)51-34-37(2)35-53(57(44)51)61(52-24-14-26-55-58(52)45-18-8-12-25-54(45)62-55)39-30-28-38(29-31-39)40-19-13-23-49-56(40)43-17-7-9-20-46(43)59(49,3)4/h5-35H,1-4H3. The molecule has 0 fully saturated rings. The number of hydrogen-bond acceptors (Lipinski definition) is 2. The smallest absolute Gasteiger partial charge is 0.137 e. The Bertz CT molecular complexity index is 3480. The Labute approximate surface area is 362 Å². The summed E-state index contributed by atoms with van der Waals surface area (Å²) in [5.74, 6) is 0. The van der Waals surface area contributed by atoms with Gasteiger partial charge < -0.3 is 9.32 Å². The maximum absolute atomic E-state index is 6.59. The minimum Gasteiger partial charge on any atom is -0.456 e. The van der Waals surface area contributed by atoms with E-state index >= 15 is 0 Å². The third-order valence-electron chi connectivity index (χ3n) is 14.4. The van der Waals surface area contributed by atoms with Crippen LogP contribution in [0, 0.1) is 13.8 Å². The van der Waals surface area contributed by atoms with Crippen LogP contribution in [0.15, 0.2) is 192 Å². The number of para-hydroxylation sites is 1. The molecule has 0 amide bonds. The van der Waals surface area contributed by atoms with Gasteiger partial charge in [-0.1, -0.05) is 171 Å². The van der Waals surface area contributed by atoms with E-state index in [9.17, 15) is 0 Å². The van der Waals surface area contributed by atoms with E-state index < -0.39 is 5.41 Å². The van der Waals surface area contributed by atoms with Crippen molar-refractivity contribution in [2.45, 2.75) is 38.5 Å². The van der Waals surface area contributed by atoms with Crippen LogP contribution in [-0.2, 0) is 10.8 Å². The predicted molar refractivity (Wildman–Crippen MR) is 257 cm³/mol. The number of rotatable bonds is 4. The van der Waals surface area contributed by atoms with E-state index in [0.717, 1.165) is 39.0 Å². The van der Waals surface area contributed by atoms with Crippen molar-refractivity contribution in [1.82, 2.24) is 0 Å². The first-order valence-electron chi connectivity index (χ1n) is 21.8. The Hall–Kier alpha value is -7.42. The zero-order valence-corrected chi connectivity index (χ0v) is 35.3. The van der Waals surface area contributed by atoms with E-state index in [1.54, 1.807) is 0 Å². The fourth-order valence-corrected chi connectivity index (χ4v) is 11.8. The van der Waals surface area contributed by atoms with E-state index in [1.807, 2.05) is 0 Å². The van der Waals surface area contributed by atoms with E-state index in [1.165, 1.54) is 89.0 Å². The van der Waals surface area contributed by atoms with Gasteiger partial charge >= 0.3 is 0 Å². The van der Waals surface area contributed by atoms with Gasteiger partial charge in [0.2, 0.25) is 0 Å². The summed E-state index contributed by atoms with van der Waals surface area (Å²) in [6.45, 7) is 9.21. The molecule has 3 aliphatic rings. The molecule has 2 heteroatoms. The normalized spacial score (nSPS) is 14.4. The van der Waals surface area contributed by atoms with E-state index in [2.05, 4.69) is 221 Å². The molecule has 0 saturated carbocycles. The molecule has 2 nitrogen and oxygen atoms in total. The maximum Gasteiger partial charge on any atom is 0.137 e. The molecule has 0 atom stereocenters. The molecule has 62 heavy (non-hydrogen) atoms. The van der Waals surface area contributed by atoms with E-state index in [4.69, 9.17) is 4.42 Å². The van der Waals surface area contributed by atoms with E-state index in [0.29, 0.717) is 0 Å². The van der Waals surface area contributed by atoms with Gasteiger partial charge in [-0.05, 0) is 128 Å². The summed E-state index contributed by atoms with van der Waals surface area (Å²) in [6, 6.07) is 70.3. The summed E-state index contributed by atoms with van der Waals surface area (Å²) in [4.78, 5) is 2.52. The second kappa shape index (κ2) is 12.6. The number of fused-ring (bicyclic) bond motifs is 16. The highest BCUT2D eigenvalue weighted by molar-refractivity contribution is 6.14. The van der Waals surface area contributed by atoms with Crippen molar-refractivity contribution in [3.63, 3.8) is 0 Å². The maximum atomic E-state index is 6.59. The molecule has 1 aromatic heterocycles. The second-order valence-electron chi connectivity index (χ2n) is 18.1. The number of aryl methyl sites for hydroxylation is 2. The van der Waals surface area contributed by atoms with Crippen LogP contribution in [0.4, 0.5) is 17.1 Å². The molecule has 1 spiro atoms. The lowest BCUT2D eigenvalue weighted by Crippen LogP contribution is -2.26. The molecule has 0 unspecified atom stereocenters. The number of hydrogen-bond donors (Lipinski definition) is 0. The number of furan rings is 1. The first-order valence-corrected chi connectivity index (χ1v) is 21.8. The molecule has 0 bridgehead atoms. The quantitative estimate of drug-likeness (QED) is 0.176. The van der Waals surface area contributed by atoms with Crippen molar-refractivity contribution in [1.29, 1.82) is 0 Å². The van der Waals surface area contributed by atoms with Crippen molar-refractivity contribution >= 4 is 39.0 Å². The summed E-state index contributed by atoms with van der Waals surface area (Å²) in [5, 5.41) is 2.21. The van der Waals surface area contributed by atoms with Crippen LogP contribution in [0.2, 0.25) is 0 Å². The average Bonchev–Trinajstić information content (AvgIpc) is 3.99. The highest BCUT2D eigenvalue weighted by Gasteiger charge is 2.52. The van der Waals surface area contributed by atoms with Crippen LogP contribution in [-0.4, -0.2) is 0 Å². The lowest BCUT2D eigenvalue weighted by atomic mass is 9.70. The Morgan fingerprint density at radius 1 is 0.403 bits per heavy atom. The van der Waals surface area contributed by atoms with Crippen LogP contribution < -0.4 is 4.90 Å². The number of nitrogens with zero attached hydrogens (tertiary/aromatic N) is 1. The topological polar surface area (TPSA) is 16.4 Å². The van der Waals surface area contributed by atoms with Crippen LogP contribution >= 0.6 is 0 Å². The lowest BCUT2D eigenvalue weighted by Gasteiger charge is -2.32. The van der Waals surface area contributed by atoms with Crippen molar-refractivity contribution < 1.29 is 4.42 Å². The summed E-state index contributed by atoms with van der Waals surface area (Å²) >= 11 is 0. The van der Waals surface area contributed by atoms with Crippen molar-refractivity contribution in [2.75, 3.05) is 4.90 Å². The molecular formula is C60H43NO. The van der Waals surface area contributed by atoms with Crippen molar-refractivity contribution in [3.05, 3.63) is 233 Å². The van der Waals surface area contributed by atoms with Crippen LogP contribution in [0.1, 0.15) is 58.4 Å². The summed E-state index contributed by atoms with van der Waals surface area (Å²) < 4.78 is 6.59. The molecule has 9 aromatic carbocycles. The average molecular weight is 794 g/mol. The minimum atomic E-state index is -0.466. The first kappa shape index (κ1) is 35.3. The molecule has 3 aliphatic carbocycles. The predicted octanol–water partition coefficient (Wildman–Crippen LogP) is 16.0. The number of benzene rings is 9. The minimum absolute atomic E-state index is 0.0667. The monoisotopic (exact) mass is 793 g/mol. The van der Waals surface area contributed by atoms with Gasteiger partial charge in [-0.3, -0.25) is 0 Å². The molecule has 294 valence electrons. The van der Waals surface area contributed by atoms with Gasteiger partial charge in [0.15, 0.2) is 0 Å². The van der Waals surface area contributed by atoms with Crippen molar-refractivity contribution in [2.24, 2.45) is 0 Å². The van der Waals surface area contributed by atoms with Gasteiger partial charge in [-0.25, -0.2) is 0 Å². The van der Waals surface area contributed by atoms with Crippen LogP contribution in [0.5, 0.6) is 0 Å². The zero-order valence-electron chi connectivity index (χ0n) is 35.3. The van der Waals surface area contributed by atoms with Crippen molar-refractivity contribution in [3.8, 4) is 44.5 Å². The summed E-state index contributed by atoms with van der Waals surface area (Å²) in [7, 11) is 0. The Balaban J connectivity index is 1.10. The fourth-order valence-electron chi connectivity index (χ4n) is 11.8.